The summed E-state index contributed by atoms with van der Waals surface area (Å²) in [6.45, 7) is 11.6. The molecule has 0 radical (unpaired) electrons. The molecule has 130 valence electrons. The zero-order chi connectivity index (χ0) is 17.4. The van der Waals surface area contributed by atoms with Gasteiger partial charge in [-0.05, 0) is 54.4 Å². The van der Waals surface area contributed by atoms with Crippen molar-refractivity contribution in [1.82, 2.24) is 10.6 Å². The third-order valence-electron chi connectivity index (χ3n) is 2.40. The Morgan fingerprint density at radius 1 is 1.00 bits per heavy atom. The Morgan fingerprint density at radius 3 is 1.95 bits per heavy atom. The highest BCUT2D eigenvalue weighted by atomic mass is 16.6. The fourth-order valence-electron chi connectivity index (χ4n) is 1.58. The summed E-state index contributed by atoms with van der Waals surface area (Å²) in [5.74, 6) is 0. The molecule has 0 aliphatic carbocycles. The number of nitrogens with two attached hydrogens (primary N) is 1. The summed E-state index contributed by atoms with van der Waals surface area (Å²) in [5, 5.41) is 5.38. The van der Waals surface area contributed by atoms with Crippen molar-refractivity contribution in [3.63, 3.8) is 0 Å². The SMILES string of the molecule is CC(C)(C)OC(=O)NCCC[C@H](CN)NC(=O)OC(C)(C)C. The summed E-state index contributed by atoms with van der Waals surface area (Å²) in [6, 6.07) is -0.185. The fraction of sp³-hybridized carbons (Fsp3) is 0.867. The molecule has 7 heteroatoms. The van der Waals surface area contributed by atoms with Crippen LogP contribution in [0.2, 0.25) is 0 Å². The molecule has 7 nitrogen and oxygen atoms in total. The van der Waals surface area contributed by atoms with E-state index in [4.69, 9.17) is 15.2 Å². The van der Waals surface area contributed by atoms with E-state index in [1.807, 2.05) is 20.8 Å². The highest BCUT2D eigenvalue weighted by Crippen LogP contribution is 2.08. The molecule has 0 aromatic carbocycles. The van der Waals surface area contributed by atoms with Gasteiger partial charge in [0.25, 0.3) is 0 Å². The number of hydrogen-bond acceptors (Lipinski definition) is 5. The first-order chi connectivity index (χ1) is 9.93. The molecular weight excluding hydrogens is 286 g/mol. The van der Waals surface area contributed by atoms with Crippen molar-refractivity contribution in [2.75, 3.05) is 13.1 Å². The normalized spacial score (nSPS) is 13.2. The zero-order valence-corrected chi connectivity index (χ0v) is 14.6. The van der Waals surface area contributed by atoms with E-state index < -0.39 is 23.4 Å². The lowest BCUT2D eigenvalue weighted by molar-refractivity contribution is 0.0490. The van der Waals surface area contributed by atoms with Gasteiger partial charge in [0.1, 0.15) is 11.2 Å². The van der Waals surface area contributed by atoms with Gasteiger partial charge in [0, 0.05) is 19.1 Å². The maximum atomic E-state index is 11.6. The molecule has 0 aliphatic rings. The first-order valence-electron chi connectivity index (χ1n) is 7.59. The summed E-state index contributed by atoms with van der Waals surface area (Å²) in [7, 11) is 0. The van der Waals surface area contributed by atoms with Gasteiger partial charge in [0.15, 0.2) is 0 Å². The number of hydrogen-bond donors (Lipinski definition) is 3. The van der Waals surface area contributed by atoms with Crippen molar-refractivity contribution in [2.24, 2.45) is 5.73 Å². The molecule has 2 amide bonds. The van der Waals surface area contributed by atoms with Crippen molar-refractivity contribution in [2.45, 2.75) is 71.6 Å². The summed E-state index contributed by atoms with van der Waals surface area (Å²) >= 11 is 0. The molecule has 0 aliphatic heterocycles. The Labute approximate surface area is 133 Å². The summed E-state index contributed by atoms with van der Waals surface area (Å²) in [4.78, 5) is 23.1. The van der Waals surface area contributed by atoms with Gasteiger partial charge in [0.2, 0.25) is 0 Å². The number of carbonyl (C=O) groups excluding carboxylic acids is 2. The third kappa shape index (κ3) is 12.3. The first-order valence-corrected chi connectivity index (χ1v) is 7.59. The van der Waals surface area contributed by atoms with E-state index in [9.17, 15) is 9.59 Å². The Morgan fingerprint density at radius 2 is 1.50 bits per heavy atom. The van der Waals surface area contributed by atoms with Gasteiger partial charge in [-0.15, -0.1) is 0 Å². The smallest absolute Gasteiger partial charge is 0.407 e. The van der Waals surface area contributed by atoms with E-state index in [1.165, 1.54) is 0 Å². The van der Waals surface area contributed by atoms with Crippen LogP contribution in [0.5, 0.6) is 0 Å². The minimum Gasteiger partial charge on any atom is -0.444 e. The van der Waals surface area contributed by atoms with Crippen molar-refractivity contribution >= 4 is 12.2 Å². The van der Waals surface area contributed by atoms with Gasteiger partial charge in [-0.1, -0.05) is 0 Å². The Kier molecular flexibility index (Phi) is 8.22. The second-order valence-corrected chi connectivity index (χ2v) is 7.15. The molecule has 0 heterocycles. The molecule has 22 heavy (non-hydrogen) atoms. The average molecular weight is 317 g/mol. The molecule has 0 aromatic heterocycles. The van der Waals surface area contributed by atoms with Crippen LogP contribution in [0, 0.1) is 0 Å². The predicted octanol–water partition coefficient (Wildman–Crippen LogP) is 2.14. The molecular formula is C15H31N3O4. The number of alkyl carbamates (subject to hydrolysis) is 2. The Balaban J connectivity index is 3.96. The van der Waals surface area contributed by atoms with Gasteiger partial charge >= 0.3 is 12.2 Å². The first kappa shape index (κ1) is 20.5. The van der Waals surface area contributed by atoms with Crippen molar-refractivity contribution in [3.05, 3.63) is 0 Å². The van der Waals surface area contributed by atoms with Gasteiger partial charge in [0.05, 0.1) is 0 Å². The molecule has 0 rings (SSSR count). The second-order valence-electron chi connectivity index (χ2n) is 7.15. The number of nitrogens with one attached hydrogen (secondary N) is 2. The quantitative estimate of drug-likeness (QED) is 0.651. The second kappa shape index (κ2) is 8.82. The topological polar surface area (TPSA) is 103 Å². The molecule has 0 fully saturated rings. The lowest BCUT2D eigenvalue weighted by Crippen LogP contribution is -2.43. The highest BCUT2D eigenvalue weighted by Gasteiger charge is 2.19. The minimum atomic E-state index is -0.540. The third-order valence-corrected chi connectivity index (χ3v) is 2.40. The van der Waals surface area contributed by atoms with E-state index in [1.54, 1.807) is 20.8 Å². The monoisotopic (exact) mass is 317 g/mol. The standard InChI is InChI=1S/C15H31N3O4/c1-14(2,3)21-12(19)17-9-7-8-11(10-16)18-13(20)22-15(4,5)6/h11H,7-10,16H2,1-6H3,(H,17,19)(H,18,20)/t11-/m1/s1. The van der Waals surface area contributed by atoms with Crippen LogP contribution in [0.25, 0.3) is 0 Å². The van der Waals surface area contributed by atoms with Crippen molar-refractivity contribution in [3.8, 4) is 0 Å². The molecule has 0 saturated heterocycles. The Bertz CT molecular complexity index is 359. The fourth-order valence-corrected chi connectivity index (χ4v) is 1.58. The molecule has 4 N–H and O–H groups in total. The maximum absolute atomic E-state index is 11.6. The van der Waals surface area contributed by atoms with E-state index in [0.29, 0.717) is 25.9 Å². The van der Waals surface area contributed by atoms with Gasteiger partial charge < -0.3 is 25.8 Å². The summed E-state index contributed by atoms with van der Waals surface area (Å²) in [5.41, 5.74) is 4.58. The molecule has 0 saturated carbocycles. The highest BCUT2D eigenvalue weighted by molar-refractivity contribution is 5.68. The number of carbonyl (C=O) groups is 2. The summed E-state index contributed by atoms with van der Waals surface area (Å²) < 4.78 is 10.3. The van der Waals surface area contributed by atoms with Gasteiger partial charge in [-0.2, -0.15) is 0 Å². The van der Waals surface area contributed by atoms with E-state index >= 15 is 0 Å². The van der Waals surface area contributed by atoms with Crippen LogP contribution in [-0.2, 0) is 9.47 Å². The maximum Gasteiger partial charge on any atom is 0.407 e. The van der Waals surface area contributed by atoms with E-state index in [-0.39, 0.29) is 6.04 Å². The molecule has 0 aromatic rings. The van der Waals surface area contributed by atoms with Gasteiger partial charge in [-0.25, -0.2) is 9.59 Å². The number of rotatable bonds is 6. The lowest BCUT2D eigenvalue weighted by Gasteiger charge is -2.23. The van der Waals surface area contributed by atoms with Crippen molar-refractivity contribution < 1.29 is 19.1 Å². The van der Waals surface area contributed by atoms with Crippen LogP contribution in [0.3, 0.4) is 0 Å². The van der Waals surface area contributed by atoms with Crippen LogP contribution in [0.4, 0.5) is 9.59 Å². The largest absolute Gasteiger partial charge is 0.444 e. The van der Waals surface area contributed by atoms with Gasteiger partial charge in [-0.3, -0.25) is 0 Å². The lowest BCUT2D eigenvalue weighted by atomic mass is 10.1. The van der Waals surface area contributed by atoms with Crippen LogP contribution < -0.4 is 16.4 Å². The molecule has 0 bridgehead atoms. The van der Waals surface area contributed by atoms with Crippen molar-refractivity contribution in [1.29, 1.82) is 0 Å². The molecule has 1 atom stereocenters. The zero-order valence-electron chi connectivity index (χ0n) is 14.6. The van der Waals surface area contributed by atoms with Crippen LogP contribution in [-0.4, -0.2) is 42.5 Å². The molecule has 0 spiro atoms. The minimum absolute atomic E-state index is 0.185. The Hall–Kier alpha value is -1.50. The number of amides is 2. The number of ether oxygens (including phenoxy) is 2. The van der Waals surface area contributed by atoms with Crippen LogP contribution >= 0.6 is 0 Å². The van der Waals surface area contributed by atoms with E-state index in [2.05, 4.69) is 10.6 Å². The molecule has 0 unspecified atom stereocenters. The van der Waals surface area contributed by atoms with Crippen LogP contribution in [0.15, 0.2) is 0 Å². The predicted molar refractivity (Wildman–Crippen MR) is 85.7 cm³/mol. The van der Waals surface area contributed by atoms with Crippen LogP contribution in [0.1, 0.15) is 54.4 Å². The van der Waals surface area contributed by atoms with E-state index in [0.717, 1.165) is 0 Å². The summed E-state index contributed by atoms with van der Waals surface area (Å²) in [6.07, 6.45) is 0.391. The average Bonchev–Trinajstić information content (AvgIpc) is 2.28.